The lowest BCUT2D eigenvalue weighted by molar-refractivity contribution is -0.136. The van der Waals surface area contributed by atoms with Gasteiger partial charge in [-0.15, -0.1) is 0 Å². The average molecular weight is 306 g/mol. The molecule has 1 heterocycles. The molecule has 1 aromatic heterocycles. The summed E-state index contributed by atoms with van der Waals surface area (Å²) < 4.78 is 7.54. The van der Waals surface area contributed by atoms with Gasteiger partial charge < -0.3 is 14.6 Å². The second-order valence-electron chi connectivity index (χ2n) is 5.82. The number of nitrogens with one attached hydrogen (secondary N) is 1. The van der Waals surface area contributed by atoms with Crippen LogP contribution in [0.3, 0.4) is 0 Å². The second kappa shape index (κ2) is 8.73. The van der Waals surface area contributed by atoms with Gasteiger partial charge in [0.1, 0.15) is 6.10 Å². The average Bonchev–Trinajstić information content (AvgIpc) is 3.03. The summed E-state index contributed by atoms with van der Waals surface area (Å²) in [5, 5.41) is 2.92. The van der Waals surface area contributed by atoms with E-state index in [9.17, 15) is 9.59 Å². The van der Waals surface area contributed by atoms with Gasteiger partial charge in [-0.2, -0.15) is 0 Å². The Labute approximate surface area is 131 Å². The minimum absolute atomic E-state index is 0.00942. The van der Waals surface area contributed by atoms with Crippen molar-refractivity contribution >= 4 is 5.91 Å². The Hall–Kier alpha value is -1.62. The smallest absolute Gasteiger partial charge is 0.250 e. The van der Waals surface area contributed by atoms with Crippen LogP contribution < -0.4 is 10.9 Å². The molecule has 0 aliphatic heterocycles. The predicted octanol–water partition coefficient (Wildman–Crippen LogP) is 2.09. The lowest BCUT2D eigenvalue weighted by Gasteiger charge is -2.20. The highest BCUT2D eigenvalue weighted by Crippen LogP contribution is 2.22. The highest BCUT2D eigenvalue weighted by Gasteiger charge is 2.23. The summed E-state index contributed by atoms with van der Waals surface area (Å²) in [7, 11) is 0. The van der Waals surface area contributed by atoms with Crippen molar-refractivity contribution in [2.24, 2.45) is 0 Å². The number of pyridine rings is 1. The lowest BCUT2D eigenvalue weighted by Crippen LogP contribution is -2.38. The molecule has 0 spiro atoms. The van der Waals surface area contributed by atoms with Crippen molar-refractivity contribution in [3.8, 4) is 0 Å². The topological polar surface area (TPSA) is 60.3 Å². The van der Waals surface area contributed by atoms with Gasteiger partial charge in [0.15, 0.2) is 0 Å². The summed E-state index contributed by atoms with van der Waals surface area (Å²) in [6, 6.07) is 5.11. The van der Waals surface area contributed by atoms with Crippen molar-refractivity contribution in [1.82, 2.24) is 9.88 Å². The van der Waals surface area contributed by atoms with Gasteiger partial charge in [0.05, 0.1) is 6.10 Å². The van der Waals surface area contributed by atoms with Crippen LogP contribution in [0.5, 0.6) is 0 Å². The summed E-state index contributed by atoms with van der Waals surface area (Å²) in [6.45, 7) is 3.15. The van der Waals surface area contributed by atoms with Crippen LogP contribution >= 0.6 is 0 Å². The van der Waals surface area contributed by atoms with E-state index in [4.69, 9.17) is 4.74 Å². The van der Waals surface area contributed by atoms with E-state index in [1.165, 1.54) is 12.8 Å². The van der Waals surface area contributed by atoms with E-state index in [-0.39, 0.29) is 23.7 Å². The van der Waals surface area contributed by atoms with Crippen LogP contribution in [0, 0.1) is 0 Å². The van der Waals surface area contributed by atoms with Crippen LogP contribution in [0.15, 0.2) is 29.2 Å². The molecule has 5 heteroatoms. The van der Waals surface area contributed by atoms with Crippen LogP contribution in [-0.4, -0.2) is 29.2 Å². The van der Waals surface area contributed by atoms with Gasteiger partial charge in [0.2, 0.25) is 11.5 Å². The molecular weight excluding hydrogens is 280 g/mol. The monoisotopic (exact) mass is 306 g/mol. The third kappa shape index (κ3) is 4.98. The summed E-state index contributed by atoms with van der Waals surface area (Å²) in [5.41, 5.74) is -0.00942. The zero-order chi connectivity index (χ0) is 15.8. The predicted molar refractivity (Wildman–Crippen MR) is 85.7 cm³/mol. The quantitative estimate of drug-likeness (QED) is 0.748. The first-order chi connectivity index (χ1) is 10.7. The first-order valence-electron chi connectivity index (χ1n) is 8.29. The van der Waals surface area contributed by atoms with Gasteiger partial charge in [-0.1, -0.05) is 25.8 Å². The number of ether oxygens (including phenoxy) is 1. The van der Waals surface area contributed by atoms with Crippen molar-refractivity contribution in [2.75, 3.05) is 6.54 Å². The fraction of sp³-hybridized carbons (Fsp3) is 0.647. The fourth-order valence-corrected chi connectivity index (χ4v) is 2.82. The normalized spacial score (nSPS) is 16.6. The third-order valence-electron chi connectivity index (χ3n) is 4.10. The van der Waals surface area contributed by atoms with Crippen molar-refractivity contribution in [2.45, 2.75) is 64.2 Å². The molecule has 1 fully saturated rings. The Morgan fingerprint density at radius 1 is 1.41 bits per heavy atom. The van der Waals surface area contributed by atoms with E-state index in [0.29, 0.717) is 19.5 Å². The van der Waals surface area contributed by atoms with E-state index in [1.807, 2.05) is 13.0 Å². The number of aromatic nitrogens is 1. The maximum absolute atomic E-state index is 12.1. The number of aryl methyl sites for hydroxylation is 1. The van der Waals surface area contributed by atoms with E-state index >= 15 is 0 Å². The second-order valence-corrected chi connectivity index (χ2v) is 5.82. The van der Waals surface area contributed by atoms with Gasteiger partial charge >= 0.3 is 0 Å². The molecule has 0 radical (unpaired) electrons. The molecular formula is C17H26N2O3. The standard InChI is InChI=1S/C17H26N2O3/c1-2-15(22-14-8-3-4-9-14)17(21)18-11-7-13-19-12-6-5-10-16(19)20/h5-6,10,12,14-15H,2-4,7-9,11,13H2,1H3,(H,18,21). The molecule has 2 rings (SSSR count). The Morgan fingerprint density at radius 3 is 2.86 bits per heavy atom. The molecule has 1 N–H and O–H groups in total. The summed E-state index contributed by atoms with van der Waals surface area (Å²) in [5.74, 6) is -0.0326. The third-order valence-corrected chi connectivity index (χ3v) is 4.10. The van der Waals surface area contributed by atoms with Crippen LogP contribution in [0.2, 0.25) is 0 Å². The number of hydrogen-bond donors (Lipinski definition) is 1. The Bertz CT molecular complexity index is 521. The number of amides is 1. The molecule has 0 saturated heterocycles. The molecule has 122 valence electrons. The van der Waals surface area contributed by atoms with Crippen LogP contribution in [0.4, 0.5) is 0 Å². The highest BCUT2D eigenvalue weighted by atomic mass is 16.5. The van der Waals surface area contributed by atoms with Crippen molar-refractivity contribution in [1.29, 1.82) is 0 Å². The molecule has 5 nitrogen and oxygen atoms in total. The molecule has 1 aromatic rings. The SMILES string of the molecule is CCC(OC1CCCC1)C(=O)NCCCn1ccccc1=O. The van der Waals surface area contributed by atoms with Gasteiger partial charge in [-0.3, -0.25) is 9.59 Å². The van der Waals surface area contributed by atoms with Crippen molar-refractivity contribution < 1.29 is 9.53 Å². The Kier molecular flexibility index (Phi) is 6.65. The number of hydrogen-bond acceptors (Lipinski definition) is 3. The van der Waals surface area contributed by atoms with Crippen molar-refractivity contribution in [3.05, 3.63) is 34.7 Å². The summed E-state index contributed by atoms with van der Waals surface area (Å²) >= 11 is 0. The van der Waals surface area contributed by atoms with Crippen molar-refractivity contribution in [3.63, 3.8) is 0 Å². The van der Waals surface area contributed by atoms with Gasteiger partial charge in [-0.25, -0.2) is 0 Å². The van der Waals surface area contributed by atoms with E-state index < -0.39 is 0 Å². The minimum atomic E-state index is -0.345. The summed E-state index contributed by atoms with van der Waals surface area (Å²) in [6.07, 6.45) is 7.64. The molecule has 1 unspecified atom stereocenters. The van der Waals surface area contributed by atoms with Gasteiger partial charge in [-0.05, 0) is 31.7 Å². The van der Waals surface area contributed by atoms with E-state index in [0.717, 1.165) is 19.3 Å². The first kappa shape index (κ1) is 16.7. The number of rotatable bonds is 8. The molecule has 22 heavy (non-hydrogen) atoms. The molecule has 1 atom stereocenters. The highest BCUT2D eigenvalue weighted by molar-refractivity contribution is 5.80. The molecule has 1 aliphatic carbocycles. The largest absolute Gasteiger partial charge is 0.365 e. The van der Waals surface area contributed by atoms with Crippen LogP contribution in [0.1, 0.15) is 45.4 Å². The zero-order valence-corrected chi connectivity index (χ0v) is 13.3. The van der Waals surface area contributed by atoms with Gasteiger partial charge in [0.25, 0.3) is 0 Å². The molecule has 1 amide bonds. The maximum Gasteiger partial charge on any atom is 0.250 e. The maximum atomic E-state index is 12.1. The zero-order valence-electron chi connectivity index (χ0n) is 13.3. The van der Waals surface area contributed by atoms with E-state index in [2.05, 4.69) is 5.32 Å². The number of nitrogens with zero attached hydrogens (tertiary/aromatic N) is 1. The fourth-order valence-electron chi connectivity index (χ4n) is 2.82. The number of carbonyl (C=O) groups is 1. The Balaban J connectivity index is 1.69. The molecule has 0 bridgehead atoms. The molecule has 1 aliphatic rings. The van der Waals surface area contributed by atoms with Crippen LogP contribution in [-0.2, 0) is 16.1 Å². The minimum Gasteiger partial charge on any atom is -0.365 e. The van der Waals surface area contributed by atoms with Crippen LogP contribution in [0.25, 0.3) is 0 Å². The Morgan fingerprint density at radius 2 is 2.18 bits per heavy atom. The molecule has 1 saturated carbocycles. The van der Waals surface area contributed by atoms with Gasteiger partial charge in [0, 0.05) is 25.4 Å². The van der Waals surface area contributed by atoms with E-state index in [1.54, 1.807) is 22.9 Å². The first-order valence-corrected chi connectivity index (χ1v) is 8.29. The summed E-state index contributed by atoms with van der Waals surface area (Å²) in [4.78, 5) is 23.7. The molecule has 0 aromatic carbocycles. The number of carbonyl (C=O) groups excluding carboxylic acids is 1. The lowest BCUT2D eigenvalue weighted by atomic mass is 10.2.